The summed E-state index contributed by atoms with van der Waals surface area (Å²) in [5.74, 6) is 0.727. The summed E-state index contributed by atoms with van der Waals surface area (Å²) in [6.07, 6.45) is 1.25. The number of nitrogens with zero attached hydrogens (tertiary/aromatic N) is 1. The zero-order valence-corrected chi connectivity index (χ0v) is 6.62. The summed E-state index contributed by atoms with van der Waals surface area (Å²) in [7, 11) is 0. The molecule has 4 heteroatoms. The van der Waals surface area contributed by atoms with Crippen molar-refractivity contribution < 1.29 is 4.39 Å². The van der Waals surface area contributed by atoms with E-state index in [1.807, 2.05) is 0 Å². The summed E-state index contributed by atoms with van der Waals surface area (Å²) >= 11 is 1.66. The van der Waals surface area contributed by atoms with Gasteiger partial charge in [-0.05, 0) is 0 Å². The van der Waals surface area contributed by atoms with Crippen molar-refractivity contribution in [2.75, 3.05) is 17.6 Å². The summed E-state index contributed by atoms with van der Waals surface area (Å²) in [4.78, 5) is 3.94. The lowest BCUT2D eigenvalue weighted by molar-refractivity contribution is 0.618. The minimum atomic E-state index is -0.279. The Kier molecular flexibility index (Phi) is 1.69. The van der Waals surface area contributed by atoms with E-state index in [1.165, 1.54) is 12.3 Å². The van der Waals surface area contributed by atoms with Crippen LogP contribution in [0.15, 0.2) is 17.3 Å². The third-order valence-electron chi connectivity index (χ3n) is 1.47. The molecule has 0 saturated heterocycles. The van der Waals surface area contributed by atoms with Crippen LogP contribution in [-0.4, -0.2) is 17.3 Å². The van der Waals surface area contributed by atoms with Crippen LogP contribution < -0.4 is 5.32 Å². The Morgan fingerprint density at radius 2 is 2.55 bits per heavy atom. The molecule has 11 heavy (non-hydrogen) atoms. The number of rotatable bonds is 0. The molecule has 0 unspecified atom stereocenters. The fraction of sp³-hybridized carbons (Fsp3) is 0.286. The maximum absolute atomic E-state index is 12.6. The van der Waals surface area contributed by atoms with Gasteiger partial charge in [-0.2, -0.15) is 0 Å². The molecule has 1 N–H and O–H groups in total. The Morgan fingerprint density at radius 3 is 3.45 bits per heavy atom. The van der Waals surface area contributed by atoms with Gasteiger partial charge in [-0.15, -0.1) is 11.8 Å². The van der Waals surface area contributed by atoms with Crippen LogP contribution >= 0.6 is 11.8 Å². The van der Waals surface area contributed by atoms with E-state index in [9.17, 15) is 4.39 Å². The quantitative estimate of drug-likeness (QED) is 0.642. The van der Waals surface area contributed by atoms with E-state index in [4.69, 9.17) is 0 Å². The first-order valence-corrected chi connectivity index (χ1v) is 4.37. The molecule has 0 aromatic carbocycles. The fourth-order valence-corrected chi connectivity index (χ4v) is 1.81. The first-order valence-electron chi connectivity index (χ1n) is 3.38. The lowest BCUT2D eigenvalue weighted by atomic mass is 10.4. The zero-order chi connectivity index (χ0) is 7.68. The van der Waals surface area contributed by atoms with Gasteiger partial charge in [0.15, 0.2) is 0 Å². The standard InChI is InChI=1S/C7H7FN2S/c8-5-3-6-7(10-4-5)11-2-1-9-6/h3-4,9H,1-2H2. The largest absolute Gasteiger partial charge is 0.382 e. The molecule has 0 fully saturated rings. The van der Waals surface area contributed by atoms with Gasteiger partial charge in [-0.3, -0.25) is 0 Å². The van der Waals surface area contributed by atoms with Crippen molar-refractivity contribution >= 4 is 17.4 Å². The number of fused-ring (bicyclic) bond motifs is 1. The van der Waals surface area contributed by atoms with E-state index in [-0.39, 0.29) is 5.82 Å². The molecule has 0 aliphatic carbocycles. The Hall–Kier alpha value is -0.770. The number of pyridine rings is 1. The predicted octanol–water partition coefficient (Wildman–Crippen LogP) is 1.74. The van der Waals surface area contributed by atoms with Crippen LogP contribution in [0, 0.1) is 5.82 Å². The highest BCUT2D eigenvalue weighted by molar-refractivity contribution is 7.99. The molecule has 0 amide bonds. The molecule has 2 nitrogen and oxygen atoms in total. The number of hydrogen-bond acceptors (Lipinski definition) is 3. The number of thioether (sulfide) groups is 1. The molecule has 1 aromatic heterocycles. The van der Waals surface area contributed by atoms with Crippen LogP contribution in [0.4, 0.5) is 10.1 Å². The summed E-state index contributed by atoms with van der Waals surface area (Å²) in [5.41, 5.74) is 0.821. The maximum Gasteiger partial charge on any atom is 0.143 e. The van der Waals surface area contributed by atoms with Crippen molar-refractivity contribution in [2.45, 2.75) is 5.03 Å². The summed E-state index contributed by atoms with van der Waals surface area (Å²) in [6, 6.07) is 1.48. The van der Waals surface area contributed by atoms with E-state index in [1.54, 1.807) is 11.8 Å². The summed E-state index contributed by atoms with van der Waals surface area (Å²) in [5, 5.41) is 3.98. The van der Waals surface area contributed by atoms with Crippen LogP contribution in [0.1, 0.15) is 0 Å². The molecule has 1 aliphatic rings. The molecule has 0 spiro atoms. The molecular formula is C7H7FN2S. The molecular weight excluding hydrogens is 163 g/mol. The molecule has 2 heterocycles. The van der Waals surface area contributed by atoms with Crippen molar-refractivity contribution in [2.24, 2.45) is 0 Å². The van der Waals surface area contributed by atoms with Gasteiger partial charge in [-0.25, -0.2) is 9.37 Å². The highest BCUT2D eigenvalue weighted by atomic mass is 32.2. The van der Waals surface area contributed by atoms with E-state index in [0.29, 0.717) is 0 Å². The van der Waals surface area contributed by atoms with Gasteiger partial charge in [-0.1, -0.05) is 0 Å². The second-order valence-corrected chi connectivity index (χ2v) is 3.37. The third-order valence-corrected chi connectivity index (χ3v) is 2.48. The minimum absolute atomic E-state index is 0.279. The van der Waals surface area contributed by atoms with Crippen LogP contribution in [0.25, 0.3) is 0 Å². The lowest BCUT2D eigenvalue weighted by Crippen LogP contribution is -2.11. The number of anilines is 1. The van der Waals surface area contributed by atoms with Crippen molar-refractivity contribution in [3.05, 3.63) is 18.1 Å². The predicted molar refractivity (Wildman–Crippen MR) is 43.4 cm³/mol. The Morgan fingerprint density at radius 1 is 1.64 bits per heavy atom. The highest BCUT2D eigenvalue weighted by Crippen LogP contribution is 2.28. The Labute approximate surface area is 68.2 Å². The van der Waals surface area contributed by atoms with Gasteiger partial charge >= 0.3 is 0 Å². The molecule has 1 aliphatic heterocycles. The minimum Gasteiger partial charge on any atom is -0.382 e. The second-order valence-electron chi connectivity index (χ2n) is 2.28. The summed E-state index contributed by atoms with van der Waals surface area (Å²) in [6.45, 7) is 0.892. The second kappa shape index (κ2) is 2.70. The summed E-state index contributed by atoms with van der Waals surface area (Å²) < 4.78 is 12.6. The van der Waals surface area contributed by atoms with E-state index in [0.717, 1.165) is 23.0 Å². The van der Waals surface area contributed by atoms with Crippen LogP contribution in [0.2, 0.25) is 0 Å². The van der Waals surface area contributed by atoms with Gasteiger partial charge in [0.25, 0.3) is 0 Å². The molecule has 0 radical (unpaired) electrons. The normalized spacial score (nSPS) is 15.4. The first kappa shape index (κ1) is 6.91. The number of hydrogen-bond donors (Lipinski definition) is 1. The third kappa shape index (κ3) is 1.30. The van der Waals surface area contributed by atoms with Gasteiger partial charge in [0.2, 0.25) is 0 Å². The van der Waals surface area contributed by atoms with Gasteiger partial charge in [0.1, 0.15) is 10.8 Å². The van der Waals surface area contributed by atoms with Crippen molar-refractivity contribution in [3.8, 4) is 0 Å². The van der Waals surface area contributed by atoms with Crippen molar-refractivity contribution in [1.82, 2.24) is 4.98 Å². The van der Waals surface area contributed by atoms with Crippen LogP contribution in [-0.2, 0) is 0 Å². The van der Waals surface area contributed by atoms with Crippen molar-refractivity contribution in [3.63, 3.8) is 0 Å². The Bertz CT molecular complexity index is 277. The van der Waals surface area contributed by atoms with E-state index in [2.05, 4.69) is 10.3 Å². The fourth-order valence-electron chi connectivity index (χ4n) is 1.00. The van der Waals surface area contributed by atoms with Crippen molar-refractivity contribution in [1.29, 1.82) is 0 Å². The molecule has 1 aromatic rings. The molecule has 58 valence electrons. The topological polar surface area (TPSA) is 24.9 Å². The lowest BCUT2D eigenvalue weighted by Gasteiger charge is -2.15. The molecule has 0 bridgehead atoms. The van der Waals surface area contributed by atoms with Crippen LogP contribution in [0.5, 0.6) is 0 Å². The monoisotopic (exact) mass is 170 g/mol. The first-order chi connectivity index (χ1) is 5.36. The van der Waals surface area contributed by atoms with E-state index >= 15 is 0 Å². The number of aromatic nitrogens is 1. The van der Waals surface area contributed by atoms with E-state index < -0.39 is 0 Å². The SMILES string of the molecule is Fc1cnc2c(c1)NCCS2. The van der Waals surface area contributed by atoms with Gasteiger partial charge < -0.3 is 5.32 Å². The maximum atomic E-state index is 12.6. The smallest absolute Gasteiger partial charge is 0.143 e. The number of halogens is 1. The zero-order valence-electron chi connectivity index (χ0n) is 5.80. The average molecular weight is 170 g/mol. The molecule has 0 atom stereocenters. The average Bonchev–Trinajstić information content (AvgIpc) is 2.04. The molecule has 2 rings (SSSR count). The van der Waals surface area contributed by atoms with Crippen LogP contribution in [0.3, 0.4) is 0 Å². The highest BCUT2D eigenvalue weighted by Gasteiger charge is 2.09. The molecule has 0 saturated carbocycles. The Balaban J connectivity index is 2.43. The van der Waals surface area contributed by atoms with Gasteiger partial charge in [0, 0.05) is 18.4 Å². The van der Waals surface area contributed by atoms with Gasteiger partial charge in [0.05, 0.1) is 11.9 Å². The number of nitrogens with one attached hydrogen (secondary N) is 1.